The normalized spacial score (nSPS) is 10.7. The molecule has 7 nitrogen and oxygen atoms in total. The van der Waals surface area contributed by atoms with Gasteiger partial charge in [-0.1, -0.05) is 0 Å². The summed E-state index contributed by atoms with van der Waals surface area (Å²) in [5.41, 5.74) is 2.09. The fraction of sp³-hybridized carbons (Fsp3) is 0.188. The van der Waals surface area contributed by atoms with Gasteiger partial charge in [0.05, 0.1) is 25.3 Å². The topological polar surface area (TPSA) is 86.5 Å². The number of pyridine rings is 1. The first-order valence-corrected chi connectivity index (χ1v) is 6.88. The van der Waals surface area contributed by atoms with Gasteiger partial charge in [0, 0.05) is 30.1 Å². The van der Waals surface area contributed by atoms with Gasteiger partial charge < -0.3 is 19.1 Å². The van der Waals surface area contributed by atoms with E-state index in [1.807, 2.05) is 0 Å². The van der Waals surface area contributed by atoms with Gasteiger partial charge in [-0.05, 0) is 12.1 Å². The molecule has 0 saturated heterocycles. The van der Waals surface area contributed by atoms with Crippen LogP contribution in [0.25, 0.3) is 22.4 Å². The molecule has 0 unspecified atom stereocenters. The fourth-order valence-corrected chi connectivity index (χ4v) is 2.47. The molecule has 3 rings (SSSR count). The summed E-state index contributed by atoms with van der Waals surface area (Å²) in [6.45, 7) is -0.205. The Kier molecular flexibility index (Phi) is 3.84. The van der Waals surface area contributed by atoms with E-state index in [-0.39, 0.29) is 6.54 Å². The lowest BCUT2D eigenvalue weighted by Crippen LogP contribution is -2.10. The van der Waals surface area contributed by atoms with Crippen molar-refractivity contribution in [2.24, 2.45) is 0 Å². The standard InChI is InChI=1S/C16H15N3O4/c1-22-13-7-11-12(8-14(13)23-2)19(9-15(20)21)16(18-11)10-3-5-17-6-4-10/h3-8H,9H2,1-2H3,(H,20,21). The Morgan fingerprint density at radius 1 is 1.17 bits per heavy atom. The highest BCUT2D eigenvalue weighted by molar-refractivity contribution is 5.85. The molecule has 0 spiro atoms. The fourth-order valence-electron chi connectivity index (χ4n) is 2.47. The predicted molar refractivity (Wildman–Crippen MR) is 83.7 cm³/mol. The molecule has 1 aromatic carbocycles. The highest BCUT2D eigenvalue weighted by Gasteiger charge is 2.17. The van der Waals surface area contributed by atoms with Crippen molar-refractivity contribution in [2.75, 3.05) is 14.2 Å². The molecule has 3 aromatic rings. The molecule has 0 aliphatic carbocycles. The first-order valence-electron chi connectivity index (χ1n) is 6.88. The Morgan fingerprint density at radius 2 is 1.83 bits per heavy atom. The quantitative estimate of drug-likeness (QED) is 0.777. The van der Waals surface area contributed by atoms with Crippen LogP contribution in [0.4, 0.5) is 0 Å². The Bertz CT molecular complexity index is 859. The van der Waals surface area contributed by atoms with Crippen molar-refractivity contribution in [3.63, 3.8) is 0 Å². The number of fused-ring (bicyclic) bond motifs is 1. The largest absolute Gasteiger partial charge is 0.493 e. The molecule has 0 fully saturated rings. The summed E-state index contributed by atoms with van der Waals surface area (Å²) in [6, 6.07) is 7.04. The minimum Gasteiger partial charge on any atom is -0.493 e. The van der Waals surface area contributed by atoms with Crippen molar-refractivity contribution in [1.82, 2.24) is 14.5 Å². The van der Waals surface area contributed by atoms with Gasteiger partial charge in [-0.25, -0.2) is 4.98 Å². The third-order valence-corrected chi connectivity index (χ3v) is 3.49. The molecule has 0 amide bonds. The molecular formula is C16H15N3O4. The highest BCUT2D eigenvalue weighted by atomic mass is 16.5. The highest BCUT2D eigenvalue weighted by Crippen LogP contribution is 2.34. The summed E-state index contributed by atoms with van der Waals surface area (Å²) in [6.07, 6.45) is 3.28. The number of hydrogen-bond donors (Lipinski definition) is 1. The maximum Gasteiger partial charge on any atom is 0.323 e. The monoisotopic (exact) mass is 313 g/mol. The number of nitrogens with zero attached hydrogens (tertiary/aromatic N) is 3. The number of aliphatic carboxylic acids is 1. The van der Waals surface area contributed by atoms with Crippen LogP contribution >= 0.6 is 0 Å². The first-order chi connectivity index (χ1) is 11.1. The molecule has 0 radical (unpaired) electrons. The molecule has 0 atom stereocenters. The zero-order chi connectivity index (χ0) is 16.4. The second-order valence-corrected chi connectivity index (χ2v) is 4.85. The molecule has 2 aromatic heterocycles. The number of carboxylic acids is 1. The second-order valence-electron chi connectivity index (χ2n) is 4.85. The van der Waals surface area contributed by atoms with Crippen LogP contribution in [0, 0.1) is 0 Å². The Hall–Kier alpha value is -3.09. The van der Waals surface area contributed by atoms with E-state index >= 15 is 0 Å². The number of methoxy groups -OCH3 is 2. The van der Waals surface area contributed by atoms with Crippen molar-refractivity contribution in [3.8, 4) is 22.9 Å². The maximum absolute atomic E-state index is 11.3. The van der Waals surface area contributed by atoms with Crippen LogP contribution in [0.1, 0.15) is 0 Å². The van der Waals surface area contributed by atoms with Crippen LogP contribution < -0.4 is 9.47 Å². The number of ether oxygens (including phenoxy) is 2. The van der Waals surface area contributed by atoms with Gasteiger partial charge in [0.1, 0.15) is 12.4 Å². The van der Waals surface area contributed by atoms with E-state index in [4.69, 9.17) is 9.47 Å². The lowest BCUT2D eigenvalue weighted by atomic mass is 10.2. The molecule has 2 heterocycles. The lowest BCUT2D eigenvalue weighted by molar-refractivity contribution is -0.137. The van der Waals surface area contributed by atoms with Crippen molar-refractivity contribution < 1.29 is 19.4 Å². The number of carboxylic acid groups (broad SMARTS) is 1. The number of aromatic nitrogens is 3. The van der Waals surface area contributed by atoms with Gasteiger partial charge >= 0.3 is 5.97 Å². The Balaban J connectivity index is 2.29. The van der Waals surface area contributed by atoms with E-state index in [0.29, 0.717) is 28.4 Å². The van der Waals surface area contributed by atoms with Crippen molar-refractivity contribution in [2.45, 2.75) is 6.54 Å². The van der Waals surface area contributed by atoms with Gasteiger partial charge in [-0.3, -0.25) is 9.78 Å². The van der Waals surface area contributed by atoms with Crippen molar-refractivity contribution in [3.05, 3.63) is 36.7 Å². The summed E-state index contributed by atoms with van der Waals surface area (Å²) in [5, 5.41) is 9.23. The van der Waals surface area contributed by atoms with E-state index in [1.165, 1.54) is 7.11 Å². The number of imidazole rings is 1. The van der Waals surface area contributed by atoms with Gasteiger partial charge in [-0.2, -0.15) is 0 Å². The molecule has 23 heavy (non-hydrogen) atoms. The minimum absolute atomic E-state index is 0.205. The van der Waals surface area contributed by atoms with E-state index in [9.17, 15) is 9.90 Å². The summed E-state index contributed by atoms with van der Waals surface area (Å²) in [4.78, 5) is 19.8. The molecule has 7 heteroatoms. The van der Waals surface area contributed by atoms with Crippen LogP contribution in [0.3, 0.4) is 0 Å². The van der Waals surface area contributed by atoms with Crippen LogP contribution in [0.15, 0.2) is 36.7 Å². The number of rotatable bonds is 5. The Labute approximate surface area is 132 Å². The maximum atomic E-state index is 11.3. The second kappa shape index (κ2) is 5.96. The third-order valence-electron chi connectivity index (χ3n) is 3.49. The smallest absolute Gasteiger partial charge is 0.323 e. The molecular weight excluding hydrogens is 298 g/mol. The lowest BCUT2D eigenvalue weighted by Gasteiger charge is -2.09. The van der Waals surface area contributed by atoms with E-state index in [1.54, 1.807) is 48.3 Å². The van der Waals surface area contributed by atoms with E-state index in [0.717, 1.165) is 5.56 Å². The van der Waals surface area contributed by atoms with Gasteiger partial charge in [0.25, 0.3) is 0 Å². The van der Waals surface area contributed by atoms with E-state index in [2.05, 4.69) is 9.97 Å². The van der Waals surface area contributed by atoms with Crippen LogP contribution in [0.2, 0.25) is 0 Å². The first kappa shape index (κ1) is 14.8. The molecule has 0 bridgehead atoms. The van der Waals surface area contributed by atoms with Crippen LogP contribution in [0.5, 0.6) is 11.5 Å². The molecule has 0 aliphatic rings. The molecule has 118 valence electrons. The van der Waals surface area contributed by atoms with Crippen molar-refractivity contribution in [1.29, 1.82) is 0 Å². The van der Waals surface area contributed by atoms with Gasteiger partial charge in [-0.15, -0.1) is 0 Å². The zero-order valence-corrected chi connectivity index (χ0v) is 12.7. The number of carbonyl (C=O) groups is 1. The number of hydrogen-bond acceptors (Lipinski definition) is 5. The van der Waals surface area contributed by atoms with Gasteiger partial charge in [0.15, 0.2) is 11.5 Å². The molecule has 1 N–H and O–H groups in total. The minimum atomic E-state index is -0.950. The SMILES string of the molecule is COc1cc2nc(-c3ccncc3)n(CC(=O)O)c2cc1OC. The van der Waals surface area contributed by atoms with E-state index < -0.39 is 5.97 Å². The summed E-state index contributed by atoms with van der Waals surface area (Å²) in [5.74, 6) is 0.670. The zero-order valence-electron chi connectivity index (χ0n) is 12.7. The summed E-state index contributed by atoms with van der Waals surface area (Å²) >= 11 is 0. The number of benzene rings is 1. The average Bonchev–Trinajstić information content (AvgIpc) is 2.91. The average molecular weight is 313 g/mol. The van der Waals surface area contributed by atoms with Crippen molar-refractivity contribution >= 4 is 17.0 Å². The Morgan fingerprint density at radius 3 is 2.43 bits per heavy atom. The third kappa shape index (κ3) is 2.68. The summed E-state index contributed by atoms with van der Waals surface area (Å²) in [7, 11) is 3.08. The van der Waals surface area contributed by atoms with Crippen LogP contribution in [-0.2, 0) is 11.3 Å². The van der Waals surface area contributed by atoms with Crippen LogP contribution in [-0.4, -0.2) is 39.8 Å². The predicted octanol–water partition coefficient (Wildman–Crippen LogP) is 2.20. The van der Waals surface area contributed by atoms with Gasteiger partial charge in [0.2, 0.25) is 0 Å². The molecule has 0 aliphatic heterocycles. The summed E-state index contributed by atoms with van der Waals surface area (Å²) < 4.78 is 12.2. The molecule has 0 saturated carbocycles.